The molecule has 0 spiro atoms. The average molecular weight is 336 g/mol. The third-order valence-electron chi connectivity index (χ3n) is 3.18. The molecule has 23 heavy (non-hydrogen) atoms. The number of Topliss-reactive ketones (excluding diaryl/α,β-unsaturated/α-hetero) is 1. The fraction of sp³-hybridized carbons (Fsp3) is 0.188. The van der Waals surface area contributed by atoms with Gasteiger partial charge in [0.15, 0.2) is 5.78 Å². The maximum absolute atomic E-state index is 12.3. The van der Waals surface area contributed by atoms with Gasteiger partial charge in [0.1, 0.15) is 11.5 Å². The Morgan fingerprint density at radius 3 is 2.43 bits per heavy atom. The van der Waals surface area contributed by atoms with Crippen LogP contribution in [0.5, 0.6) is 11.5 Å². The SMILES string of the molecule is COc1cc(OP(=O)(O)O)ccc1C(=O)CCc1ccccc1. The van der Waals surface area contributed by atoms with Gasteiger partial charge in [0, 0.05) is 12.5 Å². The molecule has 0 bridgehead atoms. The van der Waals surface area contributed by atoms with Crippen molar-refractivity contribution in [3.05, 3.63) is 59.7 Å². The molecule has 7 heteroatoms. The molecule has 0 radical (unpaired) electrons. The summed E-state index contributed by atoms with van der Waals surface area (Å²) in [5.41, 5.74) is 1.41. The number of ether oxygens (including phenoxy) is 1. The molecule has 0 amide bonds. The van der Waals surface area contributed by atoms with E-state index in [1.807, 2.05) is 30.3 Å². The number of phosphoric ester groups is 1. The zero-order chi connectivity index (χ0) is 16.9. The lowest BCUT2D eigenvalue weighted by Gasteiger charge is -2.11. The fourth-order valence-electron chi connectivity index (χ4n) is 2.13. The second kappa shape index (κ2) is 7.42. The molecule has 2 N–H and O–H groups in total. The molecule has 0 fully saturated rings. The molecule has 0 aliphatic rings. The lowest BCUT2D eigenvalue weighted by molar-refractivity contribution is 0.0980. The number of hydrogen-bond donors (Lipinski definition) is 2. The van der Waals surface area contributed by atoms with E-state index < -0.39 is 7.82 Å². The number of methoxy groups -OCH3 is 1. The predicted molar refractivity (Wildman–Crippen MR) is 84.8 cm³/mol. The van der Waals surface area contributed by atoms with Crippen molar-refractivity contribution in [2.75, 3.05) is 7.11 Å². The van der Waals surface area contributed by atoms with Gasteiger partial charge in [-0.3, -0.25) is 14.6 Å². The summed E-state index contributed by atoms with van der Waals surface area (Å²) >= 11 is 0. The molecule has 2 aromatic carbocycles. The van der Waals surface area contributed by atoms with Crippen LogP contribution in [-0.2, 0) is 11.0 Å². The van der Waals surface area contributed by atoms with Crippen LogP contribution in [0.3, 0.4) is 0 Å². The summed E-state index contributed by atoms with van der Waals surface area (Å²) in [5, 5.41) is 0. The van der Waals surface area contributed by atoms with Gasteiger partial charge in [-0.1, -0.05) is 30.3 Å². The Labute approximate surface area is 133 Å². The van der Waals surface area contributed by atoms with Gasteiger partial charge in [-0.2, -0.15) is 0 Å². The molecule has 0 aliphatic heterocycles. The van der Waals surface area contributed by atoms with Gasteiger partial charge in [0.25, 0.3) is 0 Å². The number of rotatable bonds is 7. The Balaban J connectivity index is 2.12. The largest absolute Gasteiger partial charge is 0.524 e. The van der Waals surface area contributed by atoms with E-state index in [0.717, 1.165) is 5.56 Å². The van der Waals surface area contributed by atoms with Crippen molar-refractivity contribution in [3.8, 4) is 11.5 Å². The third-order valence-corrected chi connectivity index (χ3v) is 3.63. The zero-order valence-electron chi connectivity index (χ0n) is 12.5. The number of hydrogen-bond acceptors (Lipinski definition) is 4. The highest BCUT2D eigenvalue weighted by atomic mass is 31.2. The number of benzene rings is 2. The third kappa shape index (κ3) is 5.21. The maximum atomic E-state index is 12.3. The van der Waals surface area contributed by atoms with Crippen LogP contribution in [0.2, 0.25) is 0 Å². The van der Waals surface area contributed by atoms with Crippen molar-refractivity contribution in [2.45, 2.75) is 12.8 Å². The van der Waals surface area contributed by atoms with Gasteiger partial charge in [0.2, 0.25) is 0 Å². The maximum Gasteiger partial charge on any atom is 0.524 e. The standard InChI is InChI=1S/C16H17O6P/c1-21-16-11-13(22-23(18,19)20)8-9-14(16)15(17)10-7-12-5-3-2-4-6-12/h2-6,8-9,11H,7,10H2,1H3,(H2,18,19,20). The molecular formula is C16H17O6P. The molecule has 0 aromatic heterocycles. The van der Waals surface area contributed by atoms with E-state index >= 15 is 0 Å². The Hall–Kier alpha value is -2.14. The summed E-state index contributed by atoms with van der Waals surface area (Å²) in [6, 6.07) is 13.7. The van der Waals surface area contributed by atoms with Crippen LogP contribution in [0.15, 0.2) is 48.5 Å². The van der Waals surface area contributed by atoms with Gasteiger partial charge in [0.05, 0.1) is 12.7 Å². The van der Waals surface area contributed by atoms with Gasteiger partial charge < -0.3 is 9.26 Å². The molecule has 6 nitrogen and oxygen atoms in total. The van der Waals surface area contributed by atoms with Crippen molar-refractivity contribution in [2.24, 2.45) is 0 Å². The molecule has 2 rings (SSSR count). The average Bonchev–Trinajstić information content (AvgIpc) is 2.52. The minimum absolute atomic E-state index is 0.0604. The van der Waals surface area contributed by atoms with Crippen molar-refractivity contribution >= 4 is 13.6 Å². The van der Waals surface area contributed by atoms with Crippen LogP contribution in [-0.4, -0.2) is 22.7 Å². The van der Waals surface area contributed by atoms with Crippen molar-refractivity contribution in [3.63, 3.8) is 0 Å². The van der Waals surface area contributed by atoms with Crippen molar-refractivity contribution < 1.29 is 28.4 Å². The normalized spacial score (nSPS) is 11.1. The van der Waals surface area contributed by atoms with Gasteiger partial charge in [-0.15, -0.1) is 0 Å². The fourth-order valence-corrected chi connectivity index (χ4v) is 2.52. The van der Waals surface area contributed by atoms with E-state index in [9.17, 15) is 9.36 Å². The molecule has 2 aromatic rings. The molecule has 0 saturated heterocycles. The highest BCUT2D eigenvalue weighted by Crippen LogP contribution is 2.39. The summed E-state index contributed by atoms with van der Waals surface area (Å²) in [7, 11) is -3.27. The summed E-state index contributed by atoms with van der Waals surface area (Å²) < 4.78 is 20.4. The second-order valence-corrected chi connectivity index (χ2v) is 6.02. The first-order valence-electron chi connectivity index (χ1n) is 6.89. The number of carbonyl (C=O) groups is 1. The molecule has 0 aliphatic carbocycles. The number of aryl methyl sites for hydroxylation is 1. The van der Waals surface area contributed by atoms with Gasteiger partial charge in [-0.05, 0) is 24.1 Å². The Morgan fingerprint density at radius 1 is 1.13 bits per heavy atom. The molecule has 0 saturated carbocycles. The molecular weight excluding hydrogens is 319 g/mol. The summed E-state index contributed by atoms with van der Waals surface area (Å²) in [6.45, 7) is 0. The van der Waals surface area contributed by atoms with Crippen LogP contribution in [0.4, 0.5) is 0 Å². The Bertz CT molecular complexity index is 723. The highest BCUT2D eigenvalue weighted by Gasteiger charge is 2.19. The topological polar surface area (TPSA) is 93.1 Å². The smallest absolute Gasteiger partial charge is 0.496 e. The van der Waals surface area contributed by atoms with E-state index in [2.05, 4.69) is 4.52 Å². The highest BCUT2D eigenvalue weighted by molar-refractivity contribution is 7.46. The van der Waals surface area contributed by atoms with E-state index in [-0.39, 0.29) is 17.3 Å². The van der Waals surface area contributed by atoms with E-state index in [1.165, 1.54) is 25.3 Å². The molecule has 0 atom stereocenters. The molecule has 0 heterocycles. The first-order chi connectivity index (χ1) is 10.9. The quantitative estimate of drug-likeness (QED) is 0.596. The van der Waals surface area contributed by atoms with Crippen molar-refractivity contribution in [1.29, 1.82) is 0 Å². The number of ketones is 1. The van der Waals surface area contributed by atoms with E-state index in [4.69, 9.17) is 14.5 Å². The van der Waals surface area contributed by atoms with E-state index in [0.29, 0.717) is 18.4 Å². The summed E-state index contributed by atoms with van der Waals surface area (Å²) in [4.78, 5) is 29.9. The van der Waals surface area contributed by atoms with Crippen LogP contribution in [0.25, 0.3) is 0 Å². The number of carbonyl (C=O) groups excluding carboxylic acids is 1. The van der Waals surface area contributed by atoms with Crippen LogP contribution >= 0.6 is 7.82 Å². The molecule has 0 unspecified atom stereocenters. The summed E-state index contributed by atoms with van der Waals surface area (Å²) in [5.74, 6) is 0.0391. The Morgan fingerprint density at radius 2 is 1.83 bits per heavy atom. The predicted octanol–water partition coefficient (Wildman–Crippen LogP) is 2.98. The minimum atomic E-state index is -4.65. The van der Waals surface area contributed by atoms with Crippen molar-refractivity contribution in [1.82, 2.24) is 0 Å². The number of phosphoric acid groups is 1. The second-order valence-electron chi connectivity index (χ2n) is 4.85. The van der Waals surface area contributed by atoms with Crippen LogP contribution in [0.1, 0.15) is 22.3 Å². The van der Waals surface area contributed by atoms with Gasteiger partial charge >= 0.3 is 7.82 Å². The van der Waals surface area contributed by atoms with E-state index in [1.54, 1.807) is 0 Å². The van der Waals surface area contributed by atoms with Gasteiger partial charge in [-0.25, -0.2) is 4.57 Å². The monoisotopic (exact) mass is 336 g/mol. The molecule has 122 valence electrons. The Kier molecular flexibility index (Phi) is 5.55. The summed E-state index contributed by atoms with van der Waals surface area (Å²) in [6.07, 6.45) is 0.905. The van der Waals surface area contributed by atoms with Crippen LogP contribution < -0.4 is 9.26 Å². The van der Waals surface area contributed by atoms with Crippen LogP contribution in [0, 0.1) is 0 Å². The minimum Gasteiger partial charge on any atom is -0.496 e. The first-order valence-corrected chi connectivity index (χ1v) is 8.42. The lowest BCUT2D eigenvalue weighted by Crippen LogP contribution is -2.04. The first kappa shape index (κ1) is 17.2. The zero-order valence-corrected chi connectivity index (χ0v) is 13.4. The lowest BCUT2D eigenvalue weighted by atomic mass is 10.0.